The van der Waals surface area contributed by atoms with Crippen molar-refractivity contribution in [3.8, 4) is 11.8 Å². The van der Waals surface area contributed by atoms with Crippen LogP contribution in [0.4, 0.5) is 0 Å². The number of hydrogen-bond acceptors (Lipinski definition) is 3. The molecular weight excluding hydrogens is 294 g/mol. The van der Waals surface area contributed by atoms with Crippen molar-refractivity contribution in [2.45, 2.75) is 32.3 Å². The second kappa shape index (κ2) is 5.29. The Kier molecular flexibility index (Phi) is 3.94. The molecule has 3 nitrogen and oxygen atoms in total. The maximum absolute atomic E-state index is 9.70. The standard InChI is InChI=1S/C14H16BrNO2/c1-10(17)12-3-2-11(15)8-13(12)18-9-14(4-5-14)6-7-16/h2-3,8,10,17H,4-6,9H2,1H3/t10-/m1/s1. The highest BCUT2D eigenvalue weighted by Crippen LogP contribution is 2.49. The van der Waals surface area contributed by atoms with E-state index in [2.05, 4.69) is 22.0 Å². The molecule has 1 aromatic rings. The van der Waals surface area contributed by atoms with E-state index >= 15 is 0 Å². The number of hydrogen-bond donors (Lipinski definition) is 1. The molecule has 1 N–H and O–H groups in total. The van der Waals surface area contributed by atoms with E-state index in [1.54, 1.807) is 6.92 Å². The lowest BCUT2D eigenvalue weighted by Gasteiger charge is -2.17. The molecule has 18 heavy (non-hydrogen) atoms. The van der Waals surface area contributed by atoms with E-state index in [1.807, 2.05) is 18.2 Å². The number of rotatable bonds is 5. The molecule has 96 valence electrons. The Morgan fingerprint density at radius 2 is 2.28 bits per heavy atom. The van der Waals surface area contributed by atoms with Crippen molar-refractivity contribution < 1.29 is 9.84 Å². The molecule has 0 bridgehead atoms. The summed E-state index contributed by atoms with van der Waals surface area (Å²) in [5.74, 6) is 0.698. The first-order valence-corrected chi connectivity index (χ1v) is 6.83. The highest BCUT2D eigenvalue weighted by atomic mass is 79.9. The van der Waals surface area contributed by atoms with Crippen LogP contribution in [0, 0.1) is 16.7 Å². The van der Waals surface area contributed by atoms with Gasteiger partial charge in [-0.3, -0.25) is 0 Å². The SMILES string of the molecule is C[C@@H](O)c1ccc(Br)cc1OCC1(CC#N)CC1. The van der Waals surface area contributed by atoms with Gasteiger partial charge in [0.05, 0.1) is 18.8 Å². The van der Waals surface area contributed by atoms with Crippen LogP contribution in [-0.2, 0) is 0 Å². The molecule has 0 saturated heterocycles. The summed E-state index contributed by atoms with van der Waals surface area (Å²) < 4.78 is 6.74. The number of halogens is 1. The van der Waals surface area contributed by atoms with Crippen molar-refractivity contribution in [3.05, 3.63) is 28.2 Å². The van der Waals surface area contributed by atoms with Gasteiger partial charge < -0.3 is 9.84 Å². The van der Waals surface area contributed by atoms with Crippen LogP contribution >= 0.6 is 15.9 Å². The van der Waals surface area contributed by atoms with E-state index < -0.39 is 6.10 Å². The zero-order valence-electron chi connectivity index (χ0n) is 10.3. The Hall–Kier alpha value is -1.05. The maximum atomic E-state index is 9.70. The number of nitrogens with zero attached hydrogens (tertiary/aromatic N) is 1. The molecule has 0 amide bonds. The van der Waals surface area contributed by atoms with E-state index in [0.717, 1.165) is 22.9 Å². The summed E-state index contributed by atoms with van der Waals surface area (Å²) in [5, 5.41) is 18.5. The number of aliphatic hydroxyl groups is 1. The zero-order valence-corrected chi connectivity index (χ0v) is 11.9. The topological polar surface area (TPSA) is 53.2 Å². The first-order valence-electron chi connectivity index (χ1n) is 6.04. The molecule has 1 saturated carbocycles. The molecule has 1 atom stereocenters. The second-order valence-corrected chi connectivity index (χ2v) is 5.90. The molecule has 0 aliphatic heterocycles. The Bertz CT molecular complexity index is 475. The van der Waals surface area contributed by atoms with Crippen molar-refractivity contribution >= 4 is 15.9 Å². The van der Waals surface area contributed by atoms with Crippen LogP contribution in [-0.4, -0.2) is 11.7 Å². The molecule has 0 heterocycles. The fourth-order valence-electron chi connectivity index (χ4n) is 1.93. The van der Waals surface area contributed by atoms with E-state index in [-0.39, 0.29) is 5.41 Å². The van der Waals surface area contributed by atoms with E-state index in [4.69, 9.17) is 10.00 Å². The number of benzene rings is 1. The van der Waals surface area contributed by atoms with Gasteiger partial charge in [-0.25, -0.2) is 0 Å². The minimum atomic E-state index is -0.556. The van der Waals surface area contributed by atoms with Crippen LogP contribution < -0.4 is 4.74 Å². The summed E-state index contributed by atoms with van der Waals surface area (Å²) in [4.78, 5) is 0. The number of aliphatic hydroxyl groups excluding tert-OH is 1. The van der Waals surface area contributed by atoms with Gasteiger partial charge in [0, 0.05) is 21.9 Å². The maximum Gasteiger partial charge on any atom is 0.126 e. The normalized spacial score (nSPS) is 17.9. The predicted octanol–water partition coefficient (Wildman–Crippen LogP) is 3.58. The van der Waals surface area contributed by atoms with Crippen molar-refractivity contribution in [3.63, 3.8) is 0 Å². The van der Waals surface area contributed by atoms with Gasteiger partial charge in [-0.2, -0.15) is 5.26 Å². The van der Waals surface area contributed by atoms with Crippen LogP contribution in [0.2, 0.25) is 0 Å². The number of ether oxygens (including phenoxy) is 1. The lowest BCUT2D eigenvalue weighted by molar-refractivity contribution is 0.183. The van der Waals surface area contributed by atoms with Gasteiger partial charge >= 0.3 is 0 Å². The van der Waals surface area contributed by atoms with Gasteiger partial charge in [0.1, 0.15) is 5.75 Å². The highest BCUT2D eigenvalue weighted by Gasteiger charge is 2.43. The van der Waals surface area contributed by atoms with Gasteiger partial charge in [0.2, 0.25) is 0 Å². The highest BCUT2D eigenvalue weighted by molar-refractivity contribution is 9.10. The lowest BCUT2D eigenvalue weighted by Crippen LogP contribution is -2.13. The summed E-state index contributed by atoms with van der Waals surface area (Å²) in [6, 6.07) is 7.82. The molecule has 2 rings (SSSR count). The van der Waals surface area contributed by atoms with Gasteiger partial charge in [0.25, 0.3) is 0 Å². The second-order valence-electron chi connectivity index (χ2n) is 4.98. The third kappa shape index (κ3) is 3.04. The Balaban J connectivity index is 2.09. The van der Waals surface area contributed by atoms with Crippen LogP contribution in [0.25, 0.3) is 0 Å². The summed E-state index contributed by atoms with van der Waals surface area (Å²) >= 11 is 3.40. The van der Waals surface area contributed by atoms with Gasteiger partial charge in [-0.1, -0.05) is 22.0 Å². The molecule has 0 spiro atoms. The molecule has 1 aliphatic carbocycles. The van der Waals surface area contributed by atoms with E-state index in [9.17, 15) is 5.11 Å². The smallest absolute Gasteiger partial charge is 0.126 e. The van der Waals surface area contributed by atoms with Crippen molar-refractivity contribution in [1.82, 2.24) is 0 Å². The summed E-state index contributed by atoms with van der Waals surface area (Å²) in [6.45, 7) is 2.27. The minimum absolute atomic E-state index is 0.0486. The van der Waals surface area contributed by atoms with Crippen molar-refractivity contribution in [2.24, 2.45) is 5.41 Å². The zero-order chi connectivity index (χ0) is 13.2. The van der Waals surface area contributed by atoms with Crippen molar-refractivity contribution in [1.29, 1.82) is 5.26 Å². The first-order chi connectivity index (χ1) is 8.56. The fourth-order valence-corrected chi connectivity index (χ4v) is 2.27. The van der Waals surface area contributed by atoms with Gasteiger partial charge in [-0.05, 0) is 31.9 Å². The minimum Gasteiger partial charge on any atom is -0.493 e. The molecular formula is C14H16BrNO2. The van der Waals surface area contributed by atoms with Crippen LogP contribution in [0.3, 0.4) is 0 Å². The summed E-state index contributed by atoms with van der Waals surface area (Å²) in [5.41, 5.74) is 0.832. The van der Waals surface area contributed by atoms with Crippen LogP contribution in [0.1, 0.15) is 37.9 Å². The molecule has 0 unspecified atom stereocenters. The average Bonchev–Trinajstić information content (AvgIpc) is 3.07. The molecule has 1 aliphatic rings. The first kappa shape index (κ1) is 13.4. The monoisotopic (exact) mass is 309 g/mol. The number of nitriles is 1. The van der Waals surface area contributed by atoms with Gasteiger partial charge in [-0.15, -0.1) is 0 Å². The molecule has 1 aromatic carbocycles. The molecule has 0 radical (unpaired) electrons. The molecule has 0 aromatic heterocycles. The third-order valence-electron chi connectivity index (χ3n) is 3.37. The molecule has 1 fully saturated rings. The Morgan fingerprint density at radius 3 is 2.83 bits per heavy atom. The lowest BCUT2D eigenvalue weighted by atomic mass is 10.1. The van der Waals surface area contributed by atoms with Crippen molar-refractivity contribution in [2.75, 3.05) is 6.61 Å². The predicted molar refractivity (Wildman–Crippen MR) is 72.2 cm³/mol. The summed E-state index contributed by atoms with van der Waals surface area (Å²) in [7, 11) is 0. The Labute approximate surface area is 116 Å². The van der Waals surface area contributed by atoms with E-state index in [1.165, 1.54) is 0 Å². The molecule has 4 heteroatoms. The quantitative estimate of drug-likeness (QED) is 0.904. The van der Waals surface area contributed by atoms with Gasteiger partial charge in [0.15, 0.2) is 0 Å². The van der Waals surface area contributed by atoms with E-state index in [0.29, 0.717) is 18.8 Å². The summed E-state index contributed by atoms with van der Waals surface area (Å²) in [6.07, 6.45) is 2.10. The average molecular weight is 310 g/mol. The van der Waals surface area contributed by atoms with Crippen LogP contribution in [0.15, 0.2) is 22.7 Å². The fraction of sp³-hybridized carbons (Fsp3) is 0.500. The largest absolute Gasteiger partial charge is 0.493 e. The van der Waals surface area contributed by atoms with Crippen LogP contribution in [0.5, 0.6) is 5.75 Å². The Morgan fingerprint density at radius 1 is 1.56 bits per heavy atom. The third-order valence-corrected chi connectivity index (χ3v) is 3.86.